The SMILES string of the molecule is CC.Cc1ccccc1C(=O)Nc1ccc2c(c1)B(O)OC2. The summed E-state index contributed by atoms with van der Waals surface area (Å²) in [6, 6.07) is 12.8. The van der Waals surface area contributed by atoms with Crippen LogP contribution in [-0.2, 0) is 11.3 Å². The number of hydrogen-bond acceptors (Lipinski definition) is 3. The zero-order valence-corrected chi connectivity index (χ0v) is 13.1. The molecule has 0 bridgehead atoms. The summed E-state index contributed by atoms with van der Waals surface area (Å²) >= 11 is 0. The third-order valence-corrected chi connectivity index (χ3v) is 3.46. The van der Waals surface area contributed by atoms with Gasteiger partial charge in [0.05, 0.1) is 6.61 Å². The molecular weight excluding hydrogens is 277 g/mol. The van der Waals surface area contributed by atoms with Crippen LogP contribution in [0.1, 0.15) is 35.3 Å². The molecule has 1 aliphatic rings. The first-order valence-corrected chi connectivity index (χ1v) is 7.44. The fourth-order valence-corrected chi connectivity index (χ4v) is 2.32. The molecule has 2 aromatic rings. The van der Waals surface area contributed by atoms with Crippen LogP contribution in [-0.4, -0.2) is 18.0 Å². The summed E-state index contributed by atoms with van der Waals surface area (Å²) in [5.41, 5.74) is 3.89. The molecule has 3 rings (SSSR count). The summed E-state index contributed by atoms with van der Waals surface area (Å²) in [5, 5.41) is 12.5. The maximum absolute atomic E-state index is 12.2. The Bertz CT molecular complexity index is 673. The van der Waals surface area contributed by atoms with Crippen LogP contribution in [0.3, 0.4) is 0 Å². The van der Waals surface area contributed by atoms with Gasteiger partial charge in [-0.25, -0.2) is 0 Å². The van der Waals surface area contributed by atoms with Crippen molar-refractivity contribution in [2.24, 2.45) is 0 Å². The molecule has 0 aliphatic carbocycles. The summed E-state index contributed by atoms with van der Waals surface area (Å²) in [6.07, 6.45) is 0. The molecule has 22 heavy (non-hydrogen) atoms. The maximum Gasteiger partial charge on any atom is 0.491 e. The fraction of sp³-hybridized carbons (Fsp3) is 0.235. The average Bonchev–Trinajstić information content (AvgIpc) is 2.91. The first-order valence-electron chi connectivity index (χ1n) is 7.44. The quantitative estimate of drug-likeness (QED) is 0.837. The second-order valence-electron chi connectivity index (χ2n) is 4.85. The van der Waals surface area contributed by atoms with Gasteiger partial charge in [0, 0.05) is 11.3 Å². The Morgan fingerprint density at radius 3 is 2.68 bits per heavy atom. The number of hydrogen-bond donors (Lipinski definition) is 2. The highest BCUT2D eigenvalue weighted by molar-refractivity contribution is 6.61. The molecule has 2 aromatic carbocycles. The monoisotopic (exact) mass is 297 g/mol. The molecule has 4 nitrogen and oxygen atoms in total. The lowest BCUT2D eigenvalue weighted by molar-refractivity contribution is 0.102. The minimum absolute atomic E-state index is 0.156. The smallest absolute Gasteiger partial charge is 0.423 e. The minimum atomic E-state index is -0.902. The summed E-state index contributed by atoms with van der Waals surface area (Å²) in [5.74, 6) is -0.156. The molecule has 2 N–H and O–H groups in total. The third kappa shape index (κ3) is 3.38. The molecule has 0 aromatic heterocycles. The van der Waals surface area contributed by atoms with Crippen LogP contribution in [0.25, 0.3) is 0 Å². The van der Waals surface area contributed by atoms with E-state index in [0.717, 1.165) is 11.1 Å². The number of carbonyl (C=O) groups excluding carboxylic acids is 1. The maximum atomic E-state index is 12.2. The molecule has 0 saturated carbocycles. The van der Waals surface area contributed by atoms with Crippen LogP contribution in [0, 0.1) is 6.92 Å². The first kappa shape index (κ1) is 16.3. The van der Waals surface area contributed by atoms with Crippen molar-refractivity contribution in [2.75, 3.05) is 5.32 Å². The van der Waals surface area contributed by atoms with Gasteiger partial charge < -0.3 is 15.0 Å². The summed E-state index contributed by atoms with van der Waals surface area (Å²) in [4.78, 5) is 12.2. The van der Waals surface area contributed by atoms with Crippen LogP contribution in [0.15, 0.2) is 42.5 Å². The normalized spacial score (nSPS) is 12.3. The van der Waals surface area contributed by atoms with Gasteiger partial charge in [0.25, 0.3) is 5.91 Å². The molecule has 0 unspecified atom stereocenters. The van der Waals surface area contributed by atoms with Gasteiger partial charge in [-0.3, -0.25) is 4.79 Å². The van der Waals surface area contributed by atoms with Crippen LogP contribution in [0.4, 0.5) is 5.69 Å². The number of carbonyl (C=O) groups is 1. The number of nitrogens with one attached hydrogen (secondary N) is 1. The van der Waals surface area contributed by atoms with E-state index < -0.39 is 7.12 Å². The van der Waals surface area contributed by atoms with E-state index in [0.29, 0.717) is 23.3 Å². The topological polar surface area (TPSA) is 58.6 Å². The number of anilines is 1. The van der Waals surface area contributed by atoms with Crippen LogP contribution >= 0.6 is 0 Å². The second kappa shape index (κ2) is 7.25. The molecule has 0 radical (unpaired) electrons. The predicted molar refractivity (Wildman–Crippen MR) is 89.3 cm³/mol. The van der Waals surface area contributed by atoms with Crippen molar-refractivity contribution in [3.05, 3.63) is 59.2 Å². The van der Waals surface area contributed by atoms with Gasteiger partial charge in [-0.2, -0.15) is 0 Å². The van der Waals surface area contributed by atoms with E-state index >= 15 is 0 Å². The first-order chi connectivity index (χ1) is 10.6. The van der Waals surface area contributed by atoms with Crippen LogP contribution in [0.2, 0.25) is 0 Å². The number of rotatable bonds is 2. The Labute approximate surface area is 131 Å². The largest absolute Gasteiger partial charge is 0.491 e. The van der Waals surface area contributed by atoms with Gasteiger partial charge in [-0.15, -0.1) is 0 Å². The Hall–Kier alpha value is -2.11. The molecule has 5 heteroatoms. The number of amides is 1. The predicted octanol–water partition coefficient (Wildman–Crippen LogP) is 2.49. The van der Waals surface area contributed by atoms with Gasteiger partial charge in [0.1, 0.15) is 0 Å². The molecule has 0 atom stereocenters. The third-order valence-electron chi connectivity index (χ3n) is 3.46. The zero-order valence-electron chi connectivity index (χ0n) is 13.1. The number of aryl methyl sites for hydroxylation is 1. The zero-order chi connectivity index (χ0) is 16.1. The van der Waals surface area contributed by atoms with Crippen molar-refractivity contribution < 1.29 is 14.5 Å². The number of benzene rings is 2. The van der Waals surface area contributed by atoms with Crippen molar-refractivity contribution in [3.8, 4) is 0 Å². The molecular formula is C17H20BNO3. The molecule has 0 saturated heterocycles. The summed E-state index contributed by atoms with van der Waals surface area (Å²) in [6.45, 7) is 6.30. The summed E-state index contributed by atoms with van der Waals surface area (Å²) < 4.78 is 5.13. The van der Waals surface area contributed by atoms with Crippen molar-refractivity contribution >= 4 is 24.2 Å². The van der Waals surface area contributed by atoms with Gasteiger partial charge >= 0.3 is 7.12 Å². The lowest BCUT2D eigenvalue weighted by Gasteiger charge is -2.09. The van der Waals surface area contributed by atoms with Crippen LogP contribution in [0.5, 0.6) is 0 Å². The molecule has 1 aliphatic heterocycles. The van der Waals surface area contributed by atoms with E-state index in [1.807, 2.05) is 51.1 Å². The minimum Gasteiger partial charge on any atom is -0.423 e. The number of fused-ring (bicyclic) bond motifs is 1. The van der Waals surface area contributed by atoms with Crippen LogP contribution < -0.4 is 10.8 Å². The second-order valence-corrected chi connectivity index (χ2v) is 4.85. The van der Waals surface area contributed by atoms with Gasteiger partial charge in [-0.05, 0) is 41.7 Å². The molecule has 0 fully saturated rings. The van der Waals surface area contributed by atoms with Crippen molar-refractivity contribution in [1.82, 2.24) is 0 Å². The molecule has 0 spiro atoms. The van der Waals surface area contributed by atoms with Gasteiger partial charge in [0.2, 0.25) is 0 Å². The van der Waals surface area contributed by atoms with Gasteiger partial charge in [0.15, 0.2) is 0 Å². The van der Waals surface area contributed by atoms with E-state index in [1.165, 1.54) is 0 Å². The van der Waals surface area contributed by atoms with E-state index in [-0.39, 0.29) is 5.91 Å². The molecule has 114 valence electrons. The fourth-order valence-electron chi connectivity index (χ4n) is 2.32. The lowest BCUT2D eigenvalue weighted by atomic mass is 9.79. The Balaban J connectivity index is 0.000000847. The van der Waals surface area contributed by atoms with E-state index in [9.17, 15) is 9.82 Å². The highest BCUT2D eigenvalue weighted by Gasteiger charge is 2.27. The standard InChI is InChI=1S/C15H14BNO3.C2H6/c1-10-4-2-3-5-13(10)15(18)17-12-7-6-11-9-20-16(19)14(11)8-12;1-2/h2-8,19H,9H2,1H3,(H,17,18);1-2H3. The highest BCUT2D eigenvalue weighted by Crippen LogP contribution is 2.16. The van der Waals surface area contributed by atoms with Crippen molar-refractivity contribution in [1.29, 1.82) is 0 Å². The average molecular weight is 297 g/mol. The Morgan fingerprint density at radius 2 is 1.95 bits per heavy atom. The molecule has 1 heterocycles. The van der Waals surface area contributed by atoms with E-state index in [4.69, 9.17) is 4.65 Å². The van der Waals surface area contributed by atoms with E-state index in [1.54, 1.807) is 12.1 Å². The lowest BCUT2D eigenvalue weighted by Crippen LogP contribution is -2.28. The Kier molecular flexibility index (Phi) is 5.36. The highest BCUT2D eigenvalue weighted by atomic mass is 16.5. The van der Waals surface area contributed by atoms with E-state index in [2.05, 4.69) is 5.32 Å². The summed E-state index contributed by atoms with van der Waals surface area (Å²) in [7, 11) is -0.902. The van der Waals surface area contributed by atoms with Gasteiger partial charge in [-0.1, -0.05) is 38.1 Å². The van der Waals surface area contributed by atoms with Crippen molar-refractivity contribution in [3.63, 3.8) is 0 Å². The Morgan fingerprint density at radius 1 is 1.23 bits per heavy atom. The molecule has 1 amide bonds. The van der Waals surface area contributed by atoms with Crippen molar-refractivity contribution in [2.45, 2.75) is 27.4 Å².